The Morgan fingerprint density at radius 3 is 2.75 bits per heavy atom. The molecule has 1 saturated heterocycles. The molecule has 104 valence electrons. The molecule has 2 aliphatic rings. The van der Waals surface area contributed by atoms with Crippen LogP contribution in [0.5, 0.6) is 0 Å². The maximum atomic E-state index is 5.47. The van der Waals surface area contributed by atoms with Gasteiger partial charge in [-0.2, -0.15) is 15.0 Å². The normalized spacial score (nSPS) is 24.4. The molecule has 2 aromatic heterocycles. The molecule has 1 aliphatic carbocycles. The minimum atomic E-state index is 0.376. The minimum Gasteiger partial charge on any atom is -0.337 e. The monoisotopic (exact) mass is 272 g/mol. The van der Waals surface area contributed by atoms with Gasteiger partial charge in [0.2, 0.25) is 17.8 Å². The highest BCUT2D eigenvalue weighted by atomic mass is 15.4. The fourth-order valence-electron chi connectivity index (χ4n) is 3.21. The van der Waals surface area contributed by atoms with Crippen LogP contribution in [0.15, 0.2) is 18.7 Å². The molecule has 1 aliphatic heterocycles. The zero-order valence-electron chi connectivity index (χ0n) is 11.0. The molecule has 0 amide bonds. The SMILES string of the molecule is NNc1nc(N2CC3CCC2C3)nc(-n2ccnc2)n1. The van der Waals surface area contributed by atoms with Gasteiger partial charge in [0.25, 0.3) is 0 Å². The van der Waals surface area contributed by atoms with Gasteiger partial charge in [-0.3, -0.25) is 9.99 Å². The highest BCUT2D eigenvalue weighted by Crippen LogP contribution is 2.39. The summed E-state index contributed by atoms with van der Waals surface area (Å²) in [5.41, 5.74) is 2.51. The number of hydrazine groups is 1. The standard InChI is InChI=1S/C12H16N8/c13-18-10-15-11(19-4-3-14-7-19)17-12(16-10)20-6-8-1-2-9(20)5-8/h3-4,7-9H,1-2,5-6,13H2,(H,15,16,17,18). The van der Waals surface area contributed by atoms with Crippen molar-refractivity contribution in [1.29, 1.82) is 0 Å². The summed E-state index contributed by atoms with van der Waals surface area (Å²) in [6.07, 6.45) is 8.95. The van der Waals surface area contributed by atoms with Crippen LogP contribution in [0.3, 0.4) is 0 Å². The van der Waals surface area contributed by atoms with Crippen LogP contribution in [0.1, 0.15) is 19.3 Å². The maximum absolute atomic E-state index is 5.47. The zero-order chi connectivity index (χ0) is 13.5. The summed E-state index contributed by atoms with van der Waals surface area (Å²) in [4.78, 5) is 19.5. The fraction of sp³-hybridized carbons (Fsp3) is 0.500. The van der Waals surface area contributed by atoms with E-state index in [9.17, 15) is 0 Å². The van der Waals surface area contributed by atoms with Gasteiger partial charge in [-0.05, 0) is 25.2 Å². The van der Waals surface area contributed by atoms with E-state index < -0.39 is 0 Å². The van der Waals surface area contributed by atoms with Crippen molar-refractivity contribution in [2.45, 2.75) is 25.3 Å². The fourth-order valence-corrected chi connectivity index (χ4v) is 3.21. The summed E-state index contributed by atoms with van der Waals surface area (Å²) >= 11 is 0. The second-order valence-corrected chi connectivity index (χ2v) is 5.36. The maximum Gasteiger partial charge on any atom is 0.243 e. The molecule has 0 radical (unpaired) electrons. The van der Waals surface area contributed by atoms with Crippen molar-refractivity contribution in [3.63, 3.8) is 0 Å². The molecule has 0 aromatic carbocycles. The highest BCUT2D eigenvalue weighted by molar-refractivity contribution is 5.42. The predicted octanol–water partition coefficient (Wildman–Crippen LogP) is 0.332. The van der Waals surface area contributed by atoms with Crippen molar-refractivity contribution in [1.82, 2.24) is 24.5 Å². The Morgan fingerprint density at radius 2 is 2.10 bits per heavy atom. The number of hydrogen-bond donors (Lipinski definition) is 2. The molecule has 0 spiro atoms. The van der Waals surface area contributed by atoms with Gasteiger partial charge in [0.05, 0.1) is 0 Å². The summed E-state index contributed by atoms with van der Waals surface area (Å²) in [7, 11) is 0. The van der Waals surface area contributed by atoms with Crippen LogP contribution >= 0.6 is 0 Å². The first-order valence-electron chi connectivity index (χ1n) is 6.81. The third kappa shape index (κ3) is 1.80. The van der Waals surface area contributed by atoms with Crippen LogP contribution in [0.25, 0.3) is 5.95 Å². The van der Waals surface area contributed by atoms with E-state index in [0.29, 0.717) is 23.9 Å². The van der Waals surface area contributed by atoms with Gasteiger partial charge in [-0.15, -0.1) is 0 Å². The van der Waals surface area contributed by atoms with Gasteiger partial charge in [0.1, 0.15) is 6.33 Å². The largest absolute Gasteiger partial charge is 0.337 e. The Hall–Kier alpha value is -2.22. The molecule has 2 atom stereocenters. The third-order valence-electron chi connectivity index (χ3n) is 4.14. The lowest BCUT2D eigenvalue weighted by Crippen LogP contribution is -2.34. The molecule has 2 unspecified atom stereocenters. The molecule has 3 N–H and O–H groups in total. The van der Waals surface area contributed by atoms with Gasteiger partial charge < -0.3 is 4.90 Å². The summed E-state index contributed by atoms with van der Waals surface area (Å²) in [5.74, 6) is 7.85. The Labute approximate surface area is 116 Å². The number of imidazole rings is 1. The Kier molecular flexibility index (Phi) is 2.56. The predicted molar refractivity (Wildman–Crippen MR) is 73.2 cm³/mol. The second kappa shape index (κ2) is 4.41. The van der Waals surface area contributed by atoms with E-state index in [1.54, 1.807) is 23.3 Å². The first-order valence-corrected chi connectivity index (χ1v) is 6.81. The summed E-state index contributed by atoms with van der Waals surface area (Å²) in [6, 6.07) is 0.559. The van der Waals surface area contributed by atoms with Crippen molar-refractivity contribution >= 4 is 11.9 Å². The van der Waals surface area contributed by atoms with Crippen molar-refractivity contribution in [3.05, 3.63) is 18.7 Å². The van der Waals surface area contributed by atoms with Crippen LogP contribution in [0.2, 0.25) is 0 Å². The first-order chi connectivity index (χ1) is 9.83. The number of nitrogens with one attached hydrogen (secondary N) is 1. The number of piperidine rings is 1. The number of hydrogen-bond acceptors (Lipinski definition) is 7. The Bertz CT molecular complexity index is 610. The summed E-state index contributed by atoms with van der Waals surface area (Å²) in [5, 5.41) is 0. The van der Waals surface area contributed by atoms with E-state index in [0.717, 1.165) is 12.5 Å². The molecule has 20 heavy (non-hydrogen) atoms. The van der Waals surface area contributed by atoms with Crippen molar-refractivity contribution < 1.29 is 0 Å². The van der Waals surface area contributed by atoms with Crippen molar-refractivity contribution in [3.8, 4) is 5.95 Å². The van der Waals surface area contributed by atoms with Gasteiger partial charge in [-0.25, -0.2) is 10.8 Å². The lowest BCUT2D eigenvalue weighted by molar-refractivity contribution is 0.545. The molecule has 2 aromatic rings. The molecular formula is C12H16N8. The average Bonchev–Trinajstić information content (AvgIpc) is 3.23. The number of fused-ring (bicyclic) bond motifs is 2. The van der Waals surface area contributed by atoms with E-state index in [-0.39, 0.29) is 0 Å². The first kappa shape index (κ1) is 11.6. The molecular weight excluding hydrogens is 256 g/mol. The van der Waals surface area contributed by atoms with E-state index in [2.05, 4.69) is 30.3 Å². The lowest BCUT2D eigenvalue weighted by atomic mass is 10.1. The number of nitrogen functional groups attached to an aromatic ring is 1. The minimum absolute atomic E-state index is 0.376. The summed E-state index contributed by atoms with van der Waals surface area (Å²) < 4.78 is 1.75. The average molecular weight is 272 g/mol. The molecule has 2 fully saturated rings. The molecule has 8 nitrogen and oxygen atoms in total. The van der Waals surface area contributed by atoms with Gasteiger partial charge in [-0.1, -0.05) is 0 Å². The smallest absolute Gasteiger partial charge is 0.243 e. The molecule has 3 heterocycles. The van der Waals surface area contributed by atoms with Crippen LogP contribution < -0.4 is 16.2 Å². The quantitative estimate of drug-likeness (QED) is 0.613. The van der Waals surface area contributed by atoms with Gasteiger partial charge in [0.15, 0.2) is 0 Å². The number of nitrogens with zero attached hydrogens (tertiary/aromatic N) is 6. The van der Waals surface area contributed by atoms with Gasteiger partial charge in [0, 0.05) is 25.0 Å². The zero-order valence-corrected chi connectivity index (χ0v) is 11.0. The highest BCUT2D eigenvalue weighted by Gasteiger charge is 2.39. The van der Waals surface area contributed by atoms with Crippen LogP contribution in [-0.4, -0.2) is 37.1 Å². The number of aromatic nitrogens is 5. The molecule has 8 heteroatoms. The van der Waals surface area contributed by atoms with Crippen LogP contribution in [-0.2, 0) is 0 Å². The number of rotatable bonds is 3. The molecule has 2 bridgehead atoms. The van der Waals surface area contributed by atoms with Crippen molar-refractivity contribution in [2.75, 3.05) is 16.9 Å². The number of anilines is 2. The third-order valence-corrected chi connectivity index (χ3v) is 4.14. The lowest BCUT2D eigenvalue weighted by Gasteiger charge is -2.27. The van der Waals surface area contributed by atoms with Crippen LogP contribution in [0.4, 0.5) is 11.9 Å². The van der Waals surface area contributed by atoms with E-state index >= 15 is 0 Å². The molecule has 1 saturated carbocycles. The number of nitrogens with two attached hydrogens (primary N) is 1. The van der Waals surface area contributed by atoms with E-state index in [4.69, 9.17) is 5.84 Å². The van der Waals surface area contributed by atoms with E-state index in [1.165, 1.54) is 19.3 Å². The summed E-state index contributed by atoms with van der Waals surface area (Å²) in [6.45, 7) is 1.03. The van der Waals surface area contributed by atoms with E-state index in [1.807, 2.05) is 0 Å². The second-order valence-electron chi connectivity index (χ2n) is 5.36. The topological polar surface area (TPSA) is 97.8 Å². The van der Waals surface area contributed by atoms with Crippen molar-refractivity contribution in [2.24, 2.45) is 11.8 Å². The Morgan fingerprint density at radius 1 is 1.20 bits per heavy atom. The Balaban J connectivity index is 1.74. The van der Waals surface area contributed by atoms with Crippen LogP contribution in [0, 0.1) is 5.92 Å². The van der Waals surface area contributed by atoms with Gasteiger partial charge >= 0.3 is 0 Å². The molecule has 4 rings (SSSR count).